The third kappa shape index (κ3) is 1.52. The van der Waals surface area contributed by atoms with Crippen molar-refractivity contribution in [3.63, 3.8) is 0 Å². The van der Waals surface area contributed by atoms with Crippen molar-refractivity contribution in [2.24, 2.45) is 0 Å². The van der Waals surface area contributed by atoms with Gasteiger partial charge in [0, 0.05) is 17.7 Å². The van der Waals surface area contributed by atoms with Gasteiger partial charge >= 0.3 is 0 Å². The number of carbonyl (C=O) groups excluding carboxylic acids is 2. The van der Waals surface area contributed by atoms with E-state index in [1.807, 2.05) is 42.5 Å². The number of hydrogen-bond donors (Lipinski definition) is 0. The molecule has 4 nitrogen and oxygen atoms in total. The maximum absolute atomic E-state index is 12.8. The summed E-state index contributed by atoms with van der Waals surface area (Å²) in [7, 11) is 0. The average Bonchev–Trinajstić information content (AvgIpc) is 2.85. The highest BCUT2D eigenvalue weighted by molar-refractivity contribution is 6.16. The highest BCUT2D eigenvalue weighted by Gasteiger charge is 2.47. The number of rotatable bonds is 2. The van der Waals surface area contributed by atoms with Crippen LogP contribution in [-0.4, -0.2) is 23.3 Å². The second-order valence-corrected chi connectivity index (χ2v) is 5.40. The summed E-state index contributed by atoms with van der Waals surface area (Å²) in [5, 5.41) is 0. The van der Waals surface area contributed by atoms with E-state index >= 15 is 0 Å². The molecule has 1 unspecified atom stereocenters. The summed E-state index contributed by atoms with van der Waals surface area (Å²) in [6.07, 6.45) is 1.30. The van der Waals surface area contributed by atoms with Gasteiger partial charge < -0.3 is 4.90 Å². The van der Waals surface area contributed by atoms with Crippen molar-refractivity contribution >= 4 is 17.5 Å². The van der Waals surface area contributed by atoms with Crippen molar-refractivity contribution < 1.29 is 9.59 Å². The zero-order chi connectivity index (χ0) is 15.3. The van der Waals surface area contributed by atoms with E-state index < -0.39 is 0 Å². The maximum atomic E-state index is 12.8. The summed E-state index contributed by atoms with van der Waals surface area (Å²) in [6.45, 7) is 4.14. The van der Waals surface area contributed by atoms with Gasteiger partial charge in [-0.2, -0.15) is 0 Å². The molecule has 0 aromatic heterocycles. The van der Waals surface area contributed by atoms with Gasteiger partial charge in [0.05, 0.1) is 11.3 Å². The topological polar surface area (TPSA) is 40.6 Å². The van der Waals surface area contributed by atoms with Crippen LogP contribution in [0.25, 0.3) is 0 Å². The fourth-order valence-corrected chi connectivity index (χ4v) is 3.30. The van der Waals surface area contributed by atoms with Crippen molar-refractivity contribution in [3.05, 3.63) is 77.9 Å². The highest BCUT2D eigenvalue weighted by Crippen LogP contribution is 2.44. The number of para-hydroxylation sites is 1. The first-order valence-electron chi connectivity index (χ1n) is 7.17. The number of fused-ring (bicyclic) bond motifs is 5. The molecule has 108 valence electrons. The molecule has 0 saturated carbocycles. The first kappa shape index (κ1) is 12.8. The Labute approximate surface area is 128 Å². The molecule has 0 radical (unpaired) electrons. The van der Waals surface area contributed by atoms with E-state index in [0.29, 0.717) is 23.4 Å². The molecule has 2 aromatic carbocycles. The van der Waals surface area contributed by atoms with Gasteiger partial charge in [0.2, 0.25) is 0 Å². The number of nitrogens with zero attached hydrogens (tertiary/aromatic N) is 2. The lowest BCUT2D eigenvalue weighted by molar-refractivity contribution is 0.0673. The van der Waals surface area contributed by atoms with Gasteiger partial charge in [-0.15, -0.1) is 6.58 Å². The Bertz CT molecular complexity index is 812. The molecule has 0 aliphatic carbocycles. The van der Waals surface area contributed by atoms with E-state index in [0.717, 1.165) is 5.56 Å². The smallest absolute Gasteiger partial charge is 0.260 e. The van der Waals surface area contributed by atoms with E-state index in [-0.39, 0.29) is 18.0 Å². The monoisotopic (exact) mass is 290 g/mol. The third-order valence-corrected chi connectivity index (χ3v) is 4.21. The van der Waals surface area contributed by atoms with Crippen molar-refractivity contribution in [2.75, 3.05) is 11.4 Å². The van der Waals surface area contributed by atoms with E-state index in [2.05, 4.69) is 6.58 Å². The van der Waals surface area contributed by atoms with Crippen LogP contribution in [0.1, 0.15) is 32.4 Å². The molecule has 1 atom stereocenters. The molecule has 2 aliphatic heterocycles. The molecule has 0 spiro atoms. The predicted molar refractivity (Wildman–Crippen MR) is 83.7 cm³/mol. The Morgan fingerprint density at radius 1 is 0.955 bits per heavy atom. The molecule has 22 heavy (non-hydrogen) atoms. The lowest BCUT2D eigenvalue weighted by Gasteiger charge is -2.40. The number of benzene rings is 2. The first-order valence-corrected chi connectivity index (χ1v) is 7.17. The second-order valence-electron chi connectivity index (χ2n) is 5.40. The zero-order valence-electron chi connectivity index (χ0n) is 11.9. The summed E-state index contributed by atoms with van der Waals surface area (Å²) >= 11 is 0. The van der Waals surface area contributed by atoms with Crippen molar-refractivity contribution in [1.29, 1.82) is 0 Å². The van der Waals surface area contributed by atoms with Gasteiger partial charge in [-0.1, -0.05) is 36.4 Å². The quantitative estimate of drug-likeness (QED) is 0.798. The molecular weight excluding hydrogens is 276 g/mol. The van der Waals surface area contributed by atoms with Crippen LogP contribution < -0.4 is 4.90 Å². The van der Waals surface area contributed by atoms with Gasteiger partial charge in [0.25, 0.3) is 11.8 Å². The van der Waals surface area contributed by atoms with E-state index in [9.17, 15) is 9.59 Å². The normalized spacial score (nSPS) is 18.8. The molecule has 4 heteroatoms. The minimum Gasteiger partial charge on any atom is -0.310 e. The Morgan fingerprint density at radius 2 is 1.64 bits per heavy atom. The molecule has 2 aromatic rings. The van der Waals surface area contributed by atoms with Crippen LogP contribution in [0.5, 0.6) is 0 Å². The summed E-state index contributed by atoms with van der Waals surface area (Å²) in [4.78, 5) is 29.0. The largest absolute Gasteiger partial charge is 0.310 e. The van der Waals surface area contributed by atoms with Crippen molar-refractivity contribution in [1.82, 2.24) is 4.90 Å². The van der Waals surface area contributed by atoms with Crippen LogP contribution >= 0.6 is 0 Å². The van der Waals surface area contributed by atoms with Gasteiger partial charge in [-0.05, 0) is 18.2 Å². The van der Waals surface area contributed by atoms with Gasteiger partial charge in [0.15, 0.2) is 0 Å². The molecule has 2 heterocycles. The SMILES string of the molecule is C=CCN1C(=O)c2ccccc2N2C(=O)c3ccccc3C12. The third-order valence-electron chi connectivity index (χ3n) is 4.21. The lowest BCUT2D eigenvalue weighted by Crippen LogP contribution is -2.48. The number of hydrogen-bond acceptors (Lipinski definition) is 2. The van der Waals surface area contributed by atoms with Gasteiger partial charge in [-0.3, -0.25) is 14.5 Å². The first-order chi connectivity index (χ1) is 10.7. The van der Waals surface area contributed by atoms with E-state index in [4.69, 9.17) is 0 Å². The van der Waals surface area contributed by atoms with Gasteiger partial charge in [-0.25, -0.2) is 0 Å². The lowest BCUT2D eigenvalue weighted by atomic mass is 10.0. The summed E-state index contributed by atoms with van der Waals surface area (Å²) in [6, 6.07) is 14.7. The van der Waals surface area contributed by atoms with Crippen LogP contribution in [0.3, 0.4) is 0 Å². The molecule has 0 fully saturated rings. The Balaban J connectivity index is 1.98. The zero-order valence-corrected chi connectivity index (χ0v) is 11.9. The van der Waals surface area contributed by atoms with Gasteiger partial charge in [0.1, 0.15) is 6.17 Å². The second kappa shape index (κ2) is 4.56. The van der Waals surface area contributed by atoms with Crippen LogP contribution in [0, 0.1) is 0 Å². The van der Waals surface area contributed by atoms with Crippen LogP contribution in [-0.2, 0) is 0 Å². The van der Waals surface area contributed by atoms with Crippen LogP contribution in [0.4, 0.5) is 5.69 Å². The molecule has 0 N–H and O–H groups in total. The number of carbonyl (C=O) groups is 2. The minimum atomic E-state index is -0.385. The molecular formula is C18H14N2O2. The molecule has 2 aliphatic rings. The van der Waals surface area contributed by atoms with Crippen molar-refractivity contribution in [2.45, 2.75) is 6.17 Å². The highest BCUT2D eigenvalue weighted by atomic mass is 16.2. The Morgan fingerprint density at radius 3 is 2.41 bits per heavy atom. The van der Waals surface area contributed by atoms with E-state index in [1.54, 1.807) is 21.9 Å². The number of anilines is 1. The standard InChI is InChI=1S/C18H14N2O2/c1-2-11-19-16-12-7-3-4-8-13(12)18(22)20(16)15-10-6-5-9-14(15)17(19)21/h2-10,16H,1,11H2. The minimum absolute atomic E-state index is 0.0605. The fourth-order valence-electron chi connectivity index (χ4n) is 3.30. The molecule has 4 rings (SSSR count). The van der Waals surface area contributed by atoms with Crippen LogP contribution in [0.15, 0.2) is 61.2 Å². The Hall–Kier alpha value is -2.88. The Kier molecular flexibility index (Phi) is 2.66. The number of amides is 2. The summed E-state index contributed by atoms with van der Waals surface area (Å²) in [5.74, 6) is -0.129. The maximum Gasteiger partial charge on any atom is 0.260 e. The summed E-state index contributed by atoms with van der Waals surface area (Å²) < 4.78 is 0. The summed E-state index contributed by atoms with van der Waals surface area (Å²) in [5.41, 5.74) is 2.77. The molecule has 0 bridgehead atoms. The predicted octanol–water partition coefficient (Wildman–Crippen LogP) is 2.99. The average molecular weight is 290 g/mol. The van der Waals surface area contributed by atoms with E-state index in [1.165, 1.54) is 0 Å². The van der Waals surface area contributed by atoms with Crippen LogP contribution in [0.2, 0.25) is 0 Å². The molecule has 2 amide bonds. The fraction of sp³-hybridized carbons (Fsp3) is 0.111. The van der Waals surface area contributed by atoms with Crippen molar-refractivity contribution in [3.8, 4) is 0 Å². The molecule has 0 saturated heterocycles.